The highest BCUT2D eigenvalue weighted by atomic mass is 35.5. The van der Waals surface area contributed by atoms with Gasteiger partial charge in [-0.25, -0.2) is 4.68 Å². The normalized spacial score (nSPS) is 15.3. The van der Waals surface area contributed by atoms with Crippen LogP contribution in [0.2, 0.25) is 5.02 Å². The van der Waals surface area contributed by atoms with E-state index < -0.39 is 6.04 Å². The summed E-state index contributed by atoms with van der Waals surface area (Å²) in [5.41, 5.74) is 1.46. The summed E-state index contributed by atoms with van der Waals surface area (Å²) in [5.74, 6) is 0.335. The van der Waals surface area contributed by atoms with Crippen LogP contribution in [0.3, 0.4) is 0 Å². The molecule has 23 heavy (non-hydrogen) atoms. The molecule has 0 fully saturated rings. The van der Waals surface area contributed by atoms with Crippen molar-refractivity contribution < 1.29 is 9.59 Å². The monoisotopic (exact) mass is 332 g/mol. The second kappa shape index (κ2) is 6.04. The van der Waals surface area contributed by atoms with E-state index in [1.165, 1.54) is 4.90 Å². The van der Waals surface area contributed by atoms with E-state index in [4.69, 9.17) is 11.6 Å². The van der Waals surface area contributed by atoms with Crippen LogP contribution in [0.25, 0.3) is 0 Å². The van der Waals surface area contributed by atoms with Gasteiger partial charge in [-0.3, -0.25) is 14.5 Å². The van der Waals surface area contributed by atoms with Crippen molar-refractivity contribution in [3.8, 4) is 0 Å². The summed E-state index contributed by atoms with van der Waals surface area (Å²) in [6, 6.07) is 8.04. The number of rotatable bonds is 3. The SMILES string of the molecule is Cc1cc2n(n1)CCC(=O)N2C(C)C(=O)Nc1ccc(Cl)cc1. The Morgan fingerprint density at radius 1 is 1.35 bits per heavy atom. The second-order valence-corrected chi connectivity index (χ2v) is 5.99. The molecular weight excluding hydrogens is 316 g/mol. The molecule has 1 aliphatic heterocycles. The first-order valence-corrected chi connectivity index (χ1v) is 7.76. The Kier molecular flexibility index (Phi) is 4.09. The molecule has 2 aromatic rings. The molecule has 0 aliphatic carbocycles. The van der Waals surface area contributed by atoms with E-state index in [1.807, 2.05) is 13.0 Å². The number of anilines is 2. The zero-order valence-corrected chi connectivity index (χ0v) is 13.7. The summed E-state index contributed by atoms with van der Waals surface area (Å²) in [6.45, 7) is 4.12. The molecule has 1 N–H and O–H groups in total. The van der Waals surface area contributed by atoms with Gasteiger partial charge in [0.15, 0.2) is 0 Å². The molecule has 1 aromatic carbocycles. The van der Waals surface area contributed by atoms with Gasteiger partial charge in [0, 0.05) is 23.2 Å². The van der Waals surface area contributed by atoms with Gasteiger partial charge in [0.25, 0.3) is 0 Å². The van der Waals surface area contributed by atoms with Gasteiger partial charge in [0.2, 0.25) is 11.8 Å². The Hall–Kier alpha value is -2.34. The molecule has 0 bridgehead atoms. The third kappa shape index (κ3) is 3.07. The number of benzene rings is 1. The van der Waals surface area contributed by atoms with E-state index in [-0.39, 0.29) is 11.8 Å². The maximum Gasteiger partial charge on any atom is 0.247 e. The number of amides is 2. The standard InChI is InChI=1S/C16H17ClN4O2/c1-10-9-14-20(19-10)8-7-15(22)21(14)11(2)16(23)18-13-5-3-12(17)4-6-13/h3-6,9,11H,7-8H2,1-2H3,(H,18,23). The Balaban J connectivity index is 1.81. The zero-order valence-electron chi connectivity index (χ0n) is 12.9. The van der Waals surface area contributed by atoms with E-state index in [1.54, 1.807) is 35.9 Å². The number of nitrogens with one attached hydrogen (secondary N) is 1. The van der Waals surface area contributed by atoms with Crippen LogP contribution in [0.15, 0.2) is 30.3 Å². The van der Waals surface area contributed by atoms with E-state index >= 15 is 0 Å². The molecule has 2 amide bonds. The number of nitrogens with zero attached hydrogens (tertiary/aromatic N) is 3. The summed E-state index contributed by atoms with van der Waals surface area (Å²) < 4.78 is 1.77. The highest BCUT2D eigenvalue weighted by molar-refractivity contribution is 6.30. The summed E-state index contributed by atoms with van der Waals surface area (Å²) in [6.07, 6.45) is 0.340. The van der Waals surface area contributed by atoms with Crippen molar-refractivity contribution in [3.63, 3.8) is 0 Å². The second-order valence-electron chi connectivity index (χ2n) is 5.55. The Morgan fingerprint density at radius 2 is 2.04 bits per heavy atom. The smallest absolute Gasteiger partial charge is 0.247 e. The number of aryl methyl sites for hydroxylation is 2. The van der Waals surface area contributed by atoms with E-state index in [0.717, 1.165) is 5.69 Å². The highest BCUT2D eigenvalue weighted by Gasteiger charge is 2.33. The molecule has 3 rings (SSSR count). The van der Waals surface area contributed by atoms with Gasteiger partial charge in [-0.2, -0.15) is 5.10 Å². The lowest BCUT2D eigenvalue weighted by Gasteiger charge is -2.31. The maximum absolute atomic E-state index is 12.5. The fraction of sp³-hybridized carbons (Fsp3) is 0.312. The quantitative estimate of drug-likeness (QED) is 0.939. The van der Waals surface area contributed by atoms with E-state index in [9.17, 15) is 9.59 Å². The lowest BCUT2D eigenvalue weighted by atomic mass is 10.2. The van der Waals surface area contributed by atoms with Crippen molar-refractivity contribution >= 4 is 34.9 Å². The average Bonchev–Trinajstić information content (AvgIpc) is 2.89. The van der Waals surface area contributed by atoms with Crippen LogP contribution in [0.1, 0.15) is 19.0 Å². The van der Waals surface area contributed by atoms with Crippen LogP contribution < -0.4 is 10.2 Å². The van der Waals surface area contributed by atoms with Gasteiger partial charge >= 0.3 is 0 Å². The van der Waals surface area contributed by atoms with E-state index in [0.29, 0.717) is 29.5 Å². The van der Waals surface area contributed by atoms with Gasteiger partial charge < -0.3 is 5.32 Å². The van der Waals surface area contributed by atoms with Crippen LogP contribution in [0.4, 0.5) is 11.5 Å². The fourth-order valence-electron chi connectivity index (χ4n) is 2.65. The molecule has 1 unspecified atom stereocenters. The first-order valence-electron chi connectivity index (χ1n) is 7.38. The minimum Gasteiger partial charge on any atom is -0.324 e. The molecule has 120 valence electrons. The molecular formula is C16H17ClN4O2. The third-order valence-electron chi connectivity index (χ3n) is 3.81. The molecule has 0 saturated carbocycles. The molecule has 6 nitrogen and oxygen atoms in total. The number of halogens is 1. The predicted molar refractivity (Wildman–Crippen MR) is 88.6 cm³/mol. The van der Waals surface area contributed by atoms with Crippen LogP contribution in [0, 0.1) is 6.92 Å². The number of fused-ring (bicyclic) bond motifs is 1. The maximum atomic E-state index is 12.5. The van der Waals surface area contributed by atoms with Crippen molar-refractivity contribution in [1.82, 2.24) is 9.78 Å². The van der Waals surface area contributed by atoms with Crippen LogP contribution in [-0.4, -0.2) is 27.6 Å². The van der Waals surface area contributed by atoms with Crippen LogP contribution in [-0.2, 0) is 16.1 Å². The molecule has 1 aliphatic rings. The summed E-state index contributed by atoms with van der Waals surface area (Å²) >= 11 is 5.83. The van der Waals surface area contributed by atoms with Crippen LogP contribution >= 0.6 is 11.6 Å². The zero-order chi connectivity index (χ0) is 16.6. The lowest BCUT2D eigenvalue weighted by molar-refractivity contribution is -0.124. The Morgan fingerprint density at radius 3 is 2.74 bits per heavy atom. The molecule has 0 saturated heterocycles. The van der Waals surface area contributed by atoms with Gasteiger partial charge in [0.1, 0.15) is 11.9 Å². The third-order valence-corrected chi connectivity index (χ3v) is 4.06. The number of hydrogen-bond donors (Lipinski definition) is 1. The van der Waals surface area contributed by atoms with Gasteiger partial charge in [-0.05, 0) is 38.1 Å². The molecule has 0 radical (unpaired) electrons. The molecule has 0 spiro atoms. The van der Waals surface area contributed by atoms with Crippen molar-refractivity contribution in [3.05, 3.63) is 41.0 Å². The van der Waals surface area contributed by atoms with Gasteiger partial charge in [-0.15, -0.1) is 0 Å². The van der Waals surface area contributed by atoms with Crippen molar-refractivity contribution in [1.29, 1.82) is 0 Å². The van der Waals surface area contributed by atoms with Gasteiger partial charge in [-0.1, -0.05) is 11.6 Å². The summed E-state index contributed by atoms with van der Waals surface area (Å²) in [7, 11) is 0. The van der Waals surface area contributed by atoms with Crippen molar-refractivity contribution in [2.45, 2.75) is 32.9 Å². The predicted octanol–water partition coefficient (Wildman–Crippen LogP) is 2.61. The lowest BCUT2D eigenvalue weighted by Crippen LogP contribution is -2.49. The molecule has 1 atom stereocenters. The molecule has 2 heterocycles. The van der Waals surface area contributed by atoms with Crippen LogP contribution in [0.5, 0.6) is 0 Å². The number of aromatic nitrogens is 2. The Bertz CT molecular complexity index is 754. The van der Waals surface area contributed by atoms with E-state index in [2.05, 4.69) is 10.4 Å². The minimum absolute atomic E-state index is 0.0730. The first-order chi connectivity index (χ1) is 11.0. The number of carbonyl (C=O) groups is 2. The summed E-state index contributed by atoms with van der Waals surface area (Å²) in [5, 5.41) is 7.75. The highest BCUT2D eigenvalue weighted by Crippen LogP contribution is 2.25. The van der Waals surface area contributed by atoms with Crippen molar-refractivity contribution in [2.75, 3.05) is 10.2 Å². The number of carbonyl (C=O) groups excluding carboxylic acids is 2. The largest absolute Gasteiger partial charge is 0.324 e. The van der Waals surface area contributed by atoms with Gasteiger partial charge in [0.05, 0.1) is 12.2 Å². The van der Waals surface area contributed by atoms with Crippen molar-refractivity contribution in [2.24, 2.45) is 0 Å². The summed E-state index contributed by atoms with van der Waals surface area (Å²) in [4.78, 5) is 26.3. The first kappa shape index (κ1) is 15.6. The fourth-order valence-corrected chi connectivity index (χ4v) is 2.78. The topological polar surface area (TPSA) is 67.2 Å². The number of hydrogen-bond acceptors (Lipinski definition) is 3. The molecule has 7 heteroatoms. The average molecular weight is 333 g/mol. The molecule has 1 aromatic heterocycles. The minimum atomic E-state index is -0.631. The Labute approximate surface area is 139 Å².